The molecule has 10 nitrogen and oxygen atoms in total. The lowest BCUT2D eigenvalue weighted by molar-refractivity contribution is -0.136. The van der Waals surface area contributed by atoms with E-state index < -0.39 is 17.3 Å². The Morgan fingerprint density at radius 3 is 2.58 bits per heavy atom. The van der Waals surface area contributed by atoms with Crippen LogP contribution in [0.4, 0.5) is 16.5 Å². The van der Waals surface area contributed by atoms with Crippen molar-refractivity contribution in [3.05, 3.63) is 58.2 Å². The predicted molar refractivity (Wildman–Crippen MR) is 154 cm³/mol. The number of nitrogens with one attached hydrogen (secondary N) is 2. The highest BCUT2D eigenvalue weighted by Crippen LogP contribution is 2.32. The predicted octanol–water partition coefficient (Wildman–Crippen LogP) is 5.51. The molecule has 1 aromatic carbocycles. The number of aryl methyl sites for hydroxylation is 1. The number of ether oxygens (including phenoxy) is 1. The van der Waals surface area contributed by atoms with Gasteiger partial charge in [0, 0.05) is 25.5 Å². The summed E-state index contributed by atoms with van der Waals surface area (Å²) < 4.78 is 10.8. The fourth-order valence-corrected chi connectivity index (χ4v) is 5.23. The summed E-state index contributed by atoms with van der Waals surface area (Å²) in [5, 5.41) is 6.09. The molecular weight excluding hydrogens is 510 g/mol. The zero-order chi connectivity index (χ0) is 28.9. The van der Waals surface area contributed by atoms with Crippen LogP contribution in [0.5, 0.6) is 0 Å². The zero-order valence-electron chi connectivity index (χ0n) is 24.0. The van der Waals surface area contributed by atoms with E-state index in [0.29, 0.717) is 29.9 Å². The van der Waals surface area contributed by atoms with Crippen LogP contribution in [0.3, 0.4) is 0 Å². The number of hydrogen-bond donors (Lipinski definition) is 2. The number of hydrogen-bond acceptors (Lipinski definition) is 8. The lowest BCUT2D eigenvalue weighted by atomic mass is 9.79. The minimum Gasteiger partial charge on any atom is -0.444 e. The molecule has 2 aromatic heterocycles. The van der Waals surface area contributed by atoms with Crippen molar-refractivity contribution in [1.82, 2.24) is 14.9 Å². The highest BCUT2D eigenvalue weighted by Gasteiger charge is 2.32. The van der Waals surface area contributed by atoms with Crippen LogP contribution in [0.1, 0.15) is 64.1 Å². The molecule has 1 aliphatic rings. The number of fused-ring (bicyclic) bond motifs is 1. The van der Waals surface area contributed by atoms with Gasteiger partial charge in [-0.3, -0.25) is 15.1 Å². The average molecular weight is 550 g/mol. The second kappa shape index (κ2) is 12.5. The maximum Gasteiger partial charge on any atom is 0.412 e. The molecule has 3 aromatic rings. The normalized spacial score (nSPS) is 14.9. The number of rotatable bonds is 8. The van der Waals surface area contributed by atoms with Crippen molar-refractivity contribution in [2.45, 2.75) is 71.9 Å². The molecule has 0 bridgehead atoms. The first-order valence-corrected chi connectivity index (χ1v) is 13.8. The molecule has 1 atom stereocenters. The van der Waals surface area contributed by atoms with Crippen molar-refractivity contribution in [3.63, 3.8) is 0 Å². The van der Waals surface area contributed by atoms with Crippen molar-refractivity contribution in [2.75, 3.05) is 24.2 Å². The molecular formula is C30H39N5O5. The van der Waals surface area contributed by atoms with Crippen LogP contribution in [-0.4, -0.2) is 46.1 Å². The van der Waals surface area contributed by atoms with Gasteiger partial charge >= 0.3 is 11.7 Å². The molecule has 0 radical (unpaired) electrons. The summed E-state index contributed by atoms with van der Waals surface area (Å²) in [5.74, 6) is -0.0308. The fourth-order valence-electron chi connectivity index (χ4n) is 5.23. The molecule has 10 heteroatoms. The lowest BCUT2D eigenvalue weighted by Gasteiger charge is -2.32. The Bertz CT molecular complexity index is 1390. The van der Waals surface area contributed by atoms with Crippen LogP contribution < -0.4 is 16.3 Å². The van der Waals surface area contributed by atoms with Crippen molar-refractivity contribution >= 4 is 34.6 Å². The van der Waals surface area contributed by atoms with Crippen LogP contribution in [0.15, 0.2) is 45.7 Å². The van der Waals surface area contributed by atoms with Gasteiger partial charge in [0.25, 0.3) is 6.01 Å². The molecule has 214 valence electrons. The monoisotopic (exact) mass is 549 g/mol. The second-order valence-electron chi connectivity index (χ2n) is 11.5. The van der Waals surface area contributed by atoms with Gasteiger partial charge in [0.1, 0.15) is 5.60 Å². The van der Waals surface area contributed by atoms with Gasteiger partial charge < -0.3 is 19.4 Å². The number of nitrogens with zero attached hydrogens (tertiary/aromatic N) is 3. The molecule has 0 spiro atoms. The Kier molecular flexibility index (Phi) is 9.07. The standard InChI is InChI=1S/C30H39N5O5/c1-19-23(34-29(38)40-30(2,3)4)14-15-24-25(19)27(37)39-28(33-24)32-17-22(20-11-7-6-8-12-20)26(36)35(5)18-21-13-9-10-16-31-21/h9-10,13-16,20,22H,6-8,11-12,17-18H2,1-5H3,(H,32,33)(H,34,38). The van der Waals surface area contributed by atoms with E-state index in [4.69, 9.17) is 9.15 Å². The van der Waals surface area contributed by atoms with E-state index in [0.717, 1.165) is 31.4 Å². The second-order valence-corrected chi connectivity index (χ2v) is 11.5. The molecule has 0 saturated heterocycles. The van der Waals surface area contributed by atoms with E-state index in [1.807, 2.05) is 18.2 Å². The molecule has 40 heavy (non-hydrogen) atoms. The largest absolute Gasteiger partial charge is 0.444 e. The van der Waals surface area contributed by atoms with Gasteiger partial charge in [-0.2, -0.15) is 4.98 Å². The summed E-state index contributed by atoms with van der Waals surface area (Å²) in [6, 6.07) is 9.06. The van der Waals surface area contributed by atoms with E-state index >= 15 is 0 Å². The van der Waals surface area contributed by atoms with Gasteiger partial charge in [0.15, 0.2) is 0 Å². The number of aromatic nitrogens is 2. The number of carbonyl (C=O) groups is 2. The molecule has 2 heterocycles. The fraction of sp³-hybridized carbons (Fsp3) is 0.500. The van der Waals surface area contributed by atoms with Crippen molar-refractivity contribution in [3.8, 4) is 0 Å². The topological polar surface area (TPSA) is 127 Å². The molecule has 1 unspecified atom stereocenters. The number of pyridine rings is 1. The minimum atomic E-state index is -0.653. The summed E-state index contributed by atoms with van der Waals surface area (Å²) in [7, 11) is 1.80. The van der Waals surface area contributed by atoms with Crippen LogP contribution in [-0.2, 0) is 16.1 Å². The molecule has 1 aliphatic carbocycles. The third kappa shape index (κ3) is 7.37. The first-order valence-electron chi connectivity index (χ1n) is 13.8. The zero-order valence-corrected chi connectivity index (χ0v) is 24.0. The van der Waals surface area contributed by atoms with E-state index in [1.165, 1.54) is 6.42 Å². The molecule has 2 N–H and O–H groups in total. The number of anilines is 2. The van der Waals surface area contributed by atoms with Crippen LogP contribution in [0.25, 0.3) is 10.9 Å². The molecule has 1 fully saturated rings. The minimum absolute atomic E-state index is 0.0295. The summed E-state index contributed by atoms with van der Waals surface area (Å²) in [6.07, 6.45) is 6.45. The van der Waals surface area contributed by atoms with Crippen LogP contribution in [0.2, 0.25) is 0 Å². The maximum absolute atomic E-state index is 13.6. The molecule has 2 amide bonds. The van der Waals surface area contributed by atoms with E-state index in [1.54, 1.807) is 58.0 Å². The van der Waals surface area contributed by atoms with Crippen LogP contribution >= 0.6 is 0 Å². The van der Waals surface area contributed by atoms with Gasteiger partial charge in [-0.05, 0) is 76.3 Å². The third-order valence-electron chi connectivity index (χ3n) is 7.20. The Morgan fingerprint density at radius 2 is 1.90 bits per heavy atom. The smallest absolute Gasteiger partial charge is 0.412 e. The maximum atomic E-state index is 13.6. The first-order chi connectivity index (χ1) is 19.0. The Labute approximate surface area is 234 Å². The summed E-state index contributed by atoms with van der Waals surface area (Å²) in [5.41, 5.74) is 0.995. The van der Waals surface area contributed by atoms with Gasteiger partial charge in [0.2, 0.25) is 5.91 Å². The quantitative estimate of drug-likeness (QED) is 0.377. The lowest BCUT2D eigenvalue weighted by Crippen LogP contribution is -2.40. The Hall–Kier alpha value is -3.95. The van der Waals surface area contributed by atoms with Crippen molar-refractivity contribution < 1.29 is 18.7 Å². The Morgan fingerprint density at radius 1 is 1.15 bits per heavy atom. The van der Waals surface area contributed by atoms with Gasteiger partial charge in [-0.15, -0.1) is 0 Å². The summed E-state index contributed by atoms with van der Waals surface area (Å²) in [4.78, 5) is 49.4. The summed E-state index contributed by atoms with van der Waals surface area (Å²) >= 11 is 0. The molecule has 4 rings (SSSR count). The third-order valence-corrected chi connectivity index (χ3v) is 7.20. The summed E-state index contributed by atoms with van der Waals surface area (Å²) in [6.45, 7) is 7.77. The highest BCUT2D eigenvalue weighted by molar-refractivity contribution is 5.93. The van der Waals surface area contributed by atoms with Crippen LogP contribution in [0, 0.1) is 18.8 Å². The van der Waals surface area contributed by atoms with Crippen molar-refractivity contribution in [2.24, 2.45) is 11.8 Å². The molecule has 0 aliphatic heterocycles. The average Bonchev–Trinajstić information content (AvgIpc) is 2.90. The molecule has 1 saturated carbocycles. The van der Waals surface area contributed by atoms with Gasteiger partial charge in [-0.25, -0.2) is 9.59 Å². The first kappa shape index (κ1) is 29.0. The SMILES string of the molecule is Cc1c(NC(=O)OC(C)(C)C)ccc2nc(NCC(C(=O)N(C)Cc3ccccn3)C3CCCCC3)oc(=O)c12. The van der Waals surface area contributed by atoms with Gasteiger partial charge in [0.05, 0.1) is 29.1 Å². The number of benzene rings is 1. The van der Waals surface area contributed by atoms with E-state index in [-0.39, 0.29) is 29.1 Å². The number of carbonyl (C=O) groups excluding carboxylic acids is 2. The van der Waals surface area contributed by atoms with E-state index in [9.17, 15) is 14.4 Å². The van der Waals surface area contributed by atoms with Crippen molar-refractivity contribution in [1.29, 1.82) is 0 Å². The highest BCUT2D eigenvalue weighted by atomic mass is 16.6. The Balaban J connectivity index is 1.51. The van der Waals surface area contributed by atoms with E-state index in [2.05, 4.69) is 20.6 Å². The van der Waals surface area contributed by atoms with Gasteiger partial charge in [-0.1, -0.05) is 25.3 Å². The number of amides is 2.